The summed E-state index contributed by atoms with van der Waals surface area (Å²) in [6, 6.07) is 2.87. The first kappa shape index (κ1) is 14.6. The second-order valence-corrected chi connectivity index (χ2v) is 3.68. The van der Waals surface area contributed by atoms with Gasteiger partial charge in [-0.05, 0) is 31.5 Å². The van der Waals surface area contributed by atoms with E-state index in [1.807, 2.05) is 0 Å². The van der Waals surface area contributed by atoms with E-state index in [2.05, 4.69) is 0 Å². The van der Waals surface area contributed by atoms with Gasteiger partial charge in [-0.25, -0.2) is 4.39 Å². The molecule has 0 saturated carbocycles. The molecule has 2 nitrogen and oxygen atoms in total. The van der Waals surface area contributed by atoms with Crippen LogP contribution in [-0.2, 0) is 0 Å². The van der Waals surface area contributed by atoms with Crippen LogP contribution in [0.1, 0.15) is 23.6 Å². The van der Waals surface area contributed by atoms with Crippen molar-refractivity contribution in [2.45, 2.75) is 19.4 Å². The van der Waals surface area contributed by atoms with Crippen molar-refractivity contribution in [2.24, 2.45) is 11.5 Å². The van der Waals surface area contributed by atoms with Gasteiger partial charge in [-0.3, -0.25) is 0 Å². The summed E-state index contributed by atoms with van der Waals surface area (Å²) in [7, 11) is 0. The fourth-order valence-electron chi connectivity index (χ4n) is 1.34. The first-order valence-electron chi connectivity index (χ1n) is 4.48. The molecule has 4 N–H and O–H groups in total. The molecule has 0 bridgehead atoms. The van der Waals surface area contributed by atoms with Gasteiger partial charge in [-0.1, -0.05) is 17.7 Å². The van der Waals surface area contributed by atoms with Crippen molar-refractivity contribution in [2.75, 3.05) is 6.54 Å². The molecule has 0 radical (unpaired) electrons. The summed E-state index contributed by atoms with van der Waals surface area (Å²) in [4.78, 5) is 0. The van der Waals surface area contributed by atoms with Crippen molar-refractivity contribution in [3.8, 4) is 0 Å². The number of nitrogens with two attached hydrogens (primary N) is 2. The van der Waals surface area contributed by atoms with Gasteiger partial charge in [-0.2, -0.15) is 0 Å². The molecular weight excluding hydrogens is 238 g/mol. The van der Waals surface area contributed by atoms with Crippen LogP contribution in [-0.4, -0.2) is 6.54 Å². The Kier molecular flexibility index (Phi) is 6.13. The molecule has 1 aromatic rings. The summed E-state index contributed by atoms with van der Waals surface area (Å²) in [5.74, 6) is -0.321. The van der Waals surface area contributed by atoms with Crippen LogP contribution in [0, 0.1) is 12.7 Å². The predicted octanol–water partition coefficient (Wildman–Crippen LogP) is 2.56. The molecule has 0 unspecified atom stereocenters. The molecule has 0 saturated heterocycles. The van der Waals surface area contributed by atoms with Crippen LogP contribution >= 0.6 is 24.0 Å². The monoisotopic (exact) mass is 252 g/mol. The van der Waals surface area contributed by atoms with Gasteiger partial charge < -0.3 is 11.5 Å². The Morgan fingerprint density at radius 1 is 1.47 bits per heavy atom. The molecule has 15 heavy (non-hydrogen) atoms. The van der Waals surface area contributed by atoms with Crippen molar-refractivity contribution in [3.05, 3.63) is 34.1 Å². The molecule has 1 rings (SSSR count). The molecule has 0 aliphatic carbocycles. The summed E-state index contributed by atoms with van der Waals surface area (Å²) in [5, 5.41) is 0.369. The van der Waals surface area contributed by atoms with Crippen LogP contribution in [0.15, 0.2) is 12.1 Å². The average Bonchev–Trinajstić information content (AvgIpc) is 2.13. The van der Waals surface area contributed by atoms with Crippen LogP contribution in [0.5, 0.6) is 0 Å². The van der Waals surface area contributed by atoms with Gasteiger partial charge in [0.1, 0.15) is 5.82 Å². The Labute approximate surface area is 100 Å². The smallest absolute Gasteiger partial charge is 0.132 e. The third kappa shape index (κ3) is 3.31. The van der Waals surface area contributed by atoms with Gasteiger partial charge in [0, 0.05) is 16.6 Å². The minimum Gasteiger partial charge on any atom is -0.330 e. The van der Waals surface area contributed by atoms with Crippen LogP contribution in [0.4, 0.5) is 4.39 Å². The van der Waals surface area contributed by atoms with Crippen molar-refractivity contribution in [1.82, 2.24) is 0 Å². The zero-order valence-corrected chi connectivity index (χ0v) is 10.0. The van der Waals surface area contributed by atoms with Crippen molar-refractivity contribution >= 4 is 24.0 Å². The third-order valence-corrected chi connectivity index (χ3v) is 2.50. The average molecular weight is 253 g/mol. The fourth-order valence-corrected chi connectivity index (χ4v) is 1.63. The SMILES string of the molecule is Cc1ccc(Cl)c([C@H](N)CCN)c1F.Cl. The highest BCUT2D eigenvalue weighted by molar-refractivity contribution is 6.31. The van der Waals surface area contributed by atoms with Gasteiger partial charge in [-0.15, -0.1) is 12.4 Å². The standard InChI is InChI=1S/C10H14ClFN2.ClH/c1-6-2-3-7(11)9(10(6)12)8(14)4-5-13;/h2-3,8H,4-5,13-14H2,1H3;1H/t8-;/m1./s1. The Hall–Kier alpha value is -0.350. The van der Waals surface area contributed by atoms with Crippen molar-refractivity contribution < 1.29 is 4.39 Å². The lowest BCUT2D eigenvalue weighted by Crippen LogP contribution is -2.17. The third-order valence-electron chi connectivity index (χ3n) is 2.17. The molecule has 5 heteroatoms. The predicted molar refractivity (Wildman–Crippen MR) is 64.0 cm³/mol. The number of rotatable bonds is 3. The quantitative estimate of drug-likeness (QED) is 0.869. The number of hydrogen-bond donors (Lipinski definition) is 2. The van der Waals surface area contributed by atoms with Gasteiger partial charge >= 0.3 is 0 Å². The second-order valence-electron chi connectivity index (χ2n) is 3.28. The Balaban J connectivity index is 0.00000196. The highest BCUT2D eigenvalue weighted by Gasteiger charge is 2.16. The number of aryl methyl sites for hydroxylation is 1. The Morgan fingerprint density at radius 2 is 2.07 bits per heavy atom. The van der Waals surface area contributed by atoms with E-state index >= 15 is 0 Å². The molecule has 0 fully saturated rings. The maximum absolute atomic E-state index is 13.6. The second kappa shape index (κ2) is 6.28. The lowest BCUT2D eigenvalue weighted by atomic mass is 10.0. The van der Waals surface area contributed by atoms with E-state index in [1.54, 1.807) is 19.1 Å². The Bertz CT molecular complexity index is 331. The first-order chi connectivity index (χ1) is 6.57. The minimum absolute atomic E-state index is 0. The first-order valence-corrected chi connectivity index (χ1v) is 4.86. The zero-order valence-electron chi connectivity index (χ0n) is 8.47. The highest BCUT2D eigenvalue weighted by atomic mass is 35.5. The summed E-state index contributed by atoms with van der Waals surface area (Å²) >= 11 is 5.87. The molecule has 0 heterocycles. The topological polar surface area (TPSA) is 52.0 Å². The number of benzene rings is 1. The van der Waals surface area contributed by atoms with Crippen LogP contribution < -0.4 is 11.5 Å². The highest BCUT2D eigenvalue weighted by Crippen LogP contribution is 2.27. The molecule has 0 aliphatic rings. The molecule has 1 aromatic carbocycles. The minimum atomic E-state index is -0.424. The number of halogens is 3. The molecular formula is C10H15Cl2FN2. The Morgan fingerprint density at radius 3 is 2.60 bits per heavy atom. The van der Waals surface area contributed by atoms with E-state index in [4.69, 9.17) is 23.1 Å². The van der Waals surface area contributed by atoms with Crippen molar-refractivity contribution in [3.63, 3.8) is 0 Å². The summed E-state index contributed by atoms with van der Waals surface area (Å²) < 4.78 is 13.6. The molecule has 1 atom stereocenters. The van der Waals surface area contributed by atoms with Gasteiger partial charge in [0.25, 0.3) is 0 Å². The van der Waals surface area contributed by atoms with E-state index in [9.17, 15) is 4.39 Å². The van der Waals surface area contributed by atoms with E-state index in [-0.39, 0.29) is 18.2 Å². The summed E-state index contributed by atoms with van der Waals surface area (Å²) in [6.07, 6.45) is 0.528. The van der Waals surface area contributed by atoms with E-state index in [0.29, 0.717) is 29.1 Å². The fraction of sp³-hybridized carbons (Fsp3) is 0.400. The normalized spacial score (nSPS) is 12.1. The van der Waals surface area contributed by atoms with E-state index < -0.39 is 6.04 Å². The lowest BCUT2D eigenvalue weighted by molar-refractivity contribution is 0.561. The summed E-state index contributed by atoms with van der Waals surface area (Å²) in [5.41, 5.74) is 12.1. The lowest BCUT2D eigenvalue weighted by Gasteiger charge is -2.14. The van der Waals surface area contributed by atoms with Crippen LogP contribution in [0.2, 0.25) is 5.02 Å². The van der Waals surface area contributed by atoms with Gasteiger partial charge in [0.05, 0.1) is 0 Å². The maximum atomic E-state index is 13.6. The molecule has 0 spiro atoms. The van der Waals surface area contributed by atoms with Crippen LogP contribution in [0.25, 0.3) is 0 Å². The maximum Gasteiger partial charge on any atom is 0.132 e. The number of hydrogen-bond acceptors (Lipinski definition) is 2. The summed E-state index contributed by atoms with van der Waals surface area (Å²) in [6.45, 7) is 2.11. The molecule has 0 amide bonds. The van der Waals surface area contributed by atoms with Gasteiger partial charge in [0.2, 0.25) is 0 Å². The van der Waals surface area contributed by atoms with Crippen LogP contribution in [0.3, 0.4) is 0 Å². The molecule has 0 aromatic heterocycles. The van der Waals surface area contributed by atoms with Gasteiger partial charge in [0.15, 0.2) is 0 Å². The molecule has 86 valence electrons. The van der Waals surface area contributed by atoms with E-state index in [1.165, 1.54) is 0 Å². The zero-order chi connectivity index (χ0) is 10.7. The van der Waals surface area contributed by atoms with E-state index in [0.717, 1.165) is 0 Å². The van der Waals surface area contributed by atoms with Crippen molar-refractivity contribution in [1.29, 1.82) is 0 Å². The largest absolute Gasteiger partial charge is 0.330 e. The molecule has 0 aliphatic heterocycles.